The highest BCUT2D eigenvalue weighted by Crippen LogP contribution is 2.16. The third-order valence-electron chi connectivity index (χ3n) is 4.31. The van der Waals surface area contributed by atoms with Gasteiger partial charge >= 0.3 is 6.03 Å². The smallest absolute Gasteiger partial charge is 0.344 e. The lowest BCUT2D eigenvalue weighted by Crippen LogP contribution is -2.49. The van der Waals surface area contributed by atoms with Crippen molar-refractivity contribution in [3.63, 3.8) is 0 Å². The van der Waals surface area contributed by atoms with Crippen molar-refractivity contribution in [1.29, 1.82) is 0 Å². The maximum absolute atomic E-state index is 12.6. The zero-order valence-corrected chi connectivity index (χ0v) is 15.3. The third kappa shape index (κ3) is 4.43. The lowest BCUT2D eigenvalue weighted by molar-refractivity contribution is 0.134. The Morgan fingerprint density at radius 2 is 2.04 bits per heavy atom. The summed E-state index contributed by atoms with van der Waals surface area (Å²) in [6.45, 7) is 9.52. The number of carbonyl (C=O) groups excluding carboxylic acids is 1. The van der Waals surface area contributed by atoms with Crippen molar-refractivity contribution < 1.29 is 9.53 Å². The number of carbonyl (C=O) groups is 1. The van der Waals surface area contributed by atoms with E-state index >= 15 is 0 Å². The Morgan fingerprint density at radius 3 is 2.73 bits per heavy atom. The highest BCUT2D eigenvalue weighted by Gasteiger charge is 2.23. The van der Waals surface area contributed by atoms with Crippen molar-refractivity contribution in [2.45, 2.75) is 13.5 Å². The summed E-state index contributed by atoms with van der Waals surface area (Å²) < 4.78 is 6.65. The van der Waals surface area contributed by atoms with Crippen LogP contribution >= 0.6 is 0 Å². The first-order valence-corrected chi connectivity index (χ1v) is 8.68. The molecule has 1 aliphatic heterocycles. The molecule has 0 bridgehead atoms. The first-order valence-electron chi connectivity index (χ1n) is 8.68. The van der Waals surface area contributed by atoms with E-state index in [1.165, 1.54) is 10.2 Å². The largest absolute Gasteiger partial charge is 0.497 e. The summed E-state index contributed by atoms with van der Waals surface area (Å²) in [7, 11) is 1.68. The highest BCUT2D eigenvalue weighted by molar-refractivity contribution is 5.76. The number of rotatable bonds is 5. The zero-order valence-electron chi connectivity index (χ0n) is 15.3. The fraction of sp³-hybridized carbons (Fsp3) is 0.368. The summed E-state index contributed by atoms with van der Waals surface area (Å²) in [5.74, 6) is 1.50. The molecule has 7 heteroatoms. The number of nitrogens with zero attached hydrogens (tertiary/aromatic N) is 4. The fourth-order valence-electron chi connectivity index (χ4n) is 2.99. The Kier molecular flexibility index (Phi) is 5.58. The molecule has 3 rings (SSSR count). The highest BCUT2D eigenvalue weighted by atomic mass is 16.5. The molecule has 2 aromatic rings. The quantitative estimate of drug-likeness (QED) is 0.893. The average Bonchev–Trinajstić information content (AvgIpc) is 3.09. The Labute approximate surface area is 153 Å². The maximum Gasteiger partial charge on any atom is 0.344 e. The van der Waals surface area contributed by atoms with Crippen LogP contribution < -0.4 is 10.1 Å². The summed E-state index contributed by atoms with van der Waals surface area (Å²) in [5.41, 5.74) is 2.00. The summed E-state index contributed by atoms with van der Waals surface area (Å²) in [6.07, 6.45) is 1.68. The molecule has 26 heavy (non-hydrogen) atoms. The van der Waals surface area contributed by atoms with E-state index in [0.29, 0.717) is 18.9 Å². The minimum Gasteiger partial charge on any atom is -0.497 e. The molecule has 1 aromatic heterocycles. The maximum atomic E-state index is 12.6. The van der Waals surface area contributed by atoms with Crippen molar-refractivity contribution in [2.24, 2.45) is 0 Å². The van der Waals surface area contributed by atoms with Crippen molar-refractivity contribution in [2.75, 3.05) is 38.6 Å². The van der Waals surface area contributed by atoms with Crippen molar-refractivity contribution in [1.82, 2.24) is 19.6 Å². The van der Waals surface area contributed by atoms with Crippen LogP contribution in [0.1, 0.15) is 12.5 Å². The van der Waals surface area contributed by atoms with Gasteiger partial charge in [0.15, 0.2) is 5.82 Å². The Bertz CT molecular complexity index is 778. The predicted molar refractivity (Wildman–Crippen MR) is 101 cm³/mol. The molecule has 1 fully saturated rings. The minimum atomic E-state index is -0.0965. The molecule has 0 atom stereocenters. The number of hydrogen-bond donors (Lipinski definition) is 1. The molecule has 0 saturated carbocycles. The van der Waals surface area contributed by atoms with Crippen LogP contribution in [-0.2, 0) is 6.54 Å². The van der Waals surface area contributed by atoms with Crippen LogP contribution in [0.3, 0.4) is 0 Å². The molecule has 1 saturated heterocycles. The van der Waals surface area contributed by atoms with E-state index in [4.69, 9.17) is 4.74 Å². The van der Waals surface area contributed by atoms with E-state index in [0.717, 1.165) is 31.1 Å². The van der Waals surface area contributed by atoms with E-state index in [1.807, 2.05) is 24.0 Å². The number of hydrogen-bond acceptors (Lipinski definition) is 5. The Morgan fingerprint density at radius 1 is 1.27 bits per heavy atom. The van der Waals surface area contributed by atoms with Crippen LogP contribution in [0.2, 0.25) is 0 Å². The number of aromatic nitrogens is 2. The van der Waals surface area contributed by atoms with E-state index in [-0.39, 0.29) is 6.03 Å². The molecule has 0 radical (unpaired) electrons. The van der Waals surface area contributed by atoms with Crippen LogP contribution in [0.5, 0.6) is 5.75 Å². The molecule has 0 spiro atoms. The zero-order chi connectivity index (χ0) is 18.5. The number of allylic oxidation sites excluding steroid dienone is 1. The minimum absolute atomic E-state index is 0.0965. The number of benzene rings is 1. The molecular weight excluding hydrogens is 330 g/mol. The average molecular weight is 355 g/mol. The first-order chi connectivity index (χ1) is 12.5. The predicted octanol–water partition coefficient (Wildman–Crippen LogP) is 2.62. The van der Waals surface area contributed by atoms with Crippen LogP contribution in [0.25, 0.3) is 0 Å². The van der Waals surface area contributed by atoms with Gasteiger partial charge in [-0.3, -0.25) is 4.90 Å². The Balaban J connectivity index is 1.53. The summed E-state index contributed by atoms with van der Waals surface area (Å²) in [4.78, 5) is 16.8. The van der Waals surface area contributed by atoms with Gasteiger partial charge in [-0.05, 0) is 24.6 Å². The Hall–Kier alpha value is -2.80. The van der Waals surface area contributed by atoms with Gasteiger partial charge < -0.3 is 15.0 Å². The first kappa shape index (κ1) is 18.0. The molecule has 138 valence electrons. The van der Waals surface area contributed by atoms with Crippen molar-refractivity contribution >= 4 is 11.8 Å². The van der Waals surface area contributed by atoms with Gasteiger partial charge in [-0.25, -0.2) is 4.79 Å². The van der Waals surface area contributed by atoms with Gasteiger partial charge in [0.2, 0.25) is 0 Å². The summed E-state index contributed by atoms with van der Waals surface area (Å²) in [6, 6.07) is 9.77. The molecular formula is C19H25N5O2. The molecule has 1 aliphatic rings. The normalized spacial score (nSPS) is 14.9. The van der Waals surface area contributed by atoms with E-state index in [9.17, 15) is 4.79 Å². The van der Waals surface area contributed by atoms with Gasteiger partial charge in [0.25, 0.3) is 0 Å². The van der Waals surface area contributed by atoms with Gasteiger partial charge in [0.05, 0.1) is 7.11 Å². The topological polar surface area (TPSA) is 62.6 Å². The summed E-state index contributed by atoms with van der Waals surface area (Å²) in [5, 5.41) is 7.27. The molecule has 0 unspecified atom stereocenters. The van der Waals surface area contributed by atoms with Gasteiger partial charge in [0, 0.05) is 50.7 Å². The third-order valence-corrected chi connectivity index (χ3v) is 4.31. The van der Waals surface area contributed by atoms with E-state index in [1.54, 1.807) is 19.4 Å². The molecule has 2 heterocycles. The van der Waals surface area contributed by atoms with Crippen molar-refractivity contribution in [3.05, 3.63) is 54.4 Å². The molecule has 1 N–H and O–H groups in total. The summed E-state index contributed by atoms with van der Waals surface area (Å²) >= 11 is 0. The lowest BCUT2D eigenvalue weighted by Gasteiger charge is -2.34. The second-order valence-corrected chi connectivity index (χ2v) is 6.45. The van der Waals surface area contributed by atoms with Crippen molar-refractivity contribution in [3.8, 4) is 5.75 Å². The fourth-order valence-corrected chi connectivity index (χ4v) is 2.99. The number of nitrogens with one attached hydrogen (secondary N) is 1. The van der Waals surface area contributed by atoms with Crippen LogP contribution in [-0.4, -0.2) is 58.9 Å². The number of anilines is 1. The van der Waals surface area contributed by atoms with Gasteiger partial charge in [-0.1, -0.05) is 18.7 Å². The van der Waals surface area contributed by atoms with Gasteiger partial charge in [-0.2, -0.15) is 4.68 Å². The molecule has 7 nitrogen and oxygen atoms in total. The lowest BCUT2D eigenvalue weighted by atomic mass is 10.2. The second kappa shape index (κ2) is 8.05. The van der Waals surface area contributed by atoms with Gasteiger partial charge in [0.1, 0.15) is 5.75 Å². The molecule has 0 aliphatic carbocycles. The molecule has 1 aromatic carbocycles. The standard InChI is InChI=1S/C19H25N5O2/c1-15(2)20-18-7-8-24(21-18)19(25)23-11-9-22(10-12-23)14-16-5-4-6-17(13-16)26-3/h4-8,13H,1,9-12,14H2,2-3H3,(H,20,21). The number of piperazine rings is 1. The number of ether oxygens (including phenoxy) is 1. The number of amides is 1. The van der Waals surface area contributed by atoms with E-state index < -0.39 is 0 Å². The monoisotopic (exact) mass is 355 g/mol. The van der Waals surface area contributed by atoms with Crippen LogP contribution in [0.4, 0.5) is 10.6 Å². The molecule has 1 amide bonds. The van der Waals surface area contributed by atoms with Crippen LogP contribution in [0.15, 0.2) is 48.8 Å². The second-order valence-electron chi connectivity index (χ2n) is 6.45. The number of methoxy groups -OCH3 is 1. The van der Waals surface area contributed by atoms with E-state index in [2.05, 4.69) is 34.0 Å². The van der Waals surface area contributed by atoms with Crippen LogP contribution in [0, 0.1) is 0 Å². The SMILES string of the molecule is C=C(C)Nc1ccn(C(=O)N2CCN(Cc3cccc(OC)c3)CC2)n1. The van der Waals surface area contributed by atoms with Gasteiger partial charge in [-0.15, -0.1) is 5.10 Å².